The van der Waals surface area contributed by atoms with Gasteiger partial charge in [0.05, 0.1) is 0 Å². The van der Waals surface area contributed by atoms with Gasteiger partial charge in [0.15, 0.2) is 0 Å². The predicted octanol–water partition coefficient (Wildman–Crippen LogP) is 2.34. The van der Waals surface area contributed by atoms with Gasteiger partial charge >= 0.3 is 0 Å². The summed E-state index contributed by atoms with van der Waals surface area (Å²) in [5, 5.41) is 3.04. The largest absolute Gasteiger partial charge is 0.349 e. The van der Waals surface area contributed by atoms with Gasteiger partial charge in [0, 0.05) is 16.9 Å². The Labute approximate surface area is 110 Å². The molecule has 0 saturated heterocycles. The highest BCUT2D eigenvalue weighted by atomic mass is 16.2. The number of carbonyl (C=O) groups excluding carboxylic acids is 1. The summed E-state index contributed by atoms with van der Waals surface area (Å²) in [4.78, 5) is 12.1. The minimum absolute atomic E-state index is 0.0225. The Morgan fingerprint density at radius 1 is 1.33 bits per heavy atom. The molecule has 1 rings (SSSR count). The molecule has 1 aromatic rings. The second-order valence-corrected chi connectivity index (χ2v) is 5.53. The monoisotopic (exact) mass is 251 g/mol. The third-order valence-electron chi connectivity index (χ3n) is 3.33. The van der Waals surface area contributed by atoms with Gasteiger partial charge < -0.3 is 10.7 Å². The Bertz CT molecular complexity index is 401. The number of nitrogens with zero attached hydrogens (tertiary/aromatic N) is 1. The molecule has 1 atom stereocenters. The maximum Gasteiger partial charge on any atom is 0.244 e. The normalized spacial score (nSPS) is 13.2. The molecule has 0 bridgehead atoms. The molecule has 0 radical (unpaired) electrons. The maximum atomic E-state index is 12.1. The van der Waals surface area contributed by atoms with Crippen LogP contribution in [0.15, 0.2) is 12.1 Å². The molecule has 0 aliphatic carbocycles. The van der Waals surface area contributed by atoms with E-state index in [4.69, 9.17) is 0 Å². The first kappa shape index (κ1) is 14.6. The SMILES string of the molecule is CCC(C)(C)NC(=O)C(C)Nn1c(C)ccc1C. The quantitative estimate of drug-likeness (QED) is 0.843. The molecule has 0 fully saturated rings. The van der Waals surface area contributed by atoms with Crippen molar-refractivity contribution in [2.24, 2.45) is 0 Å². The Balaban J connectivity index is 2.66. The minimum atomic E-state index is -0.263. The fraction of sp³-hybridized carbons (Fsp3) is 0.643. The molecule has 102 valence electrons. The Morgan fingerprint density at radius 3 is 2.28 bits per heavy atom. The van der Waals surface area contributed by atoms with Gasteiger partial charge in [0.2, 0.25) is 5.91 Å². The van der Waals surface area contributed by atoms with Crippen molar-refractivity contribution < 1.29 is 4.79 Å². The molecular formula is C14H25N3O. The number of hydrogen-bond acceptors (Lipinski definition) is 2. The summed E-state index contributed by atoms with van der Waals surface area (Å²) < 4.78 is 1.95. The Morgan fingerprint density at radius 2 is 1.83 bits per heavy atom. The number of aryl methyl sites for hydroxylation is 2. The first-order chi connectivity index (χ1) is 8.26. The van der Waals surface area contributed by atoms with Gasteiger partial charge in [-0.15, -0.1) is 0 Å². The van der Waals surface area contributed by atoms with Gasteiger partial charge in [-0.3, -0.25) is 9.47 Å². The zero-order valence-electron chi connectivity index (χ0n) is 12.3. The average molecular weight is 251 g/mol. The molecule has 0 aliphatic heterocycles. The van der Waals surface area contributed by atoms with E-state index in [1.807, 2.05) is 51.4 Å². The van der Waals surface area contributed by atoms with Crippen LogP contribution in [0.1, 0.15) is 45.5 Å². The third-order valence-corrected chi connectivity index (χ3v) is 3.33. The van der Waals surface area contributed by atoms with Crippen molar-refractivity contribution in [3.8, 4) is 0 Å². The molecule has 0 aliphatic rings. The minimum Gasteiger partial charge on any atom is -0.349 e. The molecule has 1 amide bonds. The second-order valence-electron chi connectivity index (χ2n) is 5.53. The molecule has 0 aromatic carbocycles. The van der Waals surface area contributed by atoms with Crippen molar-refractivity contribution in [3.63, 3.8) is 0 Å². The van der Waals surface area contributed by atoms with Gasteiger partial charge in [0.25, 0.3) is 0 Å². The fourth-order valence-electron chi connectivity index (χ4n) is 1.65. The predicted molar refractivity (Wildman–Crippen MR) is 75.2 cm³/mol. The number of nitrogens with one attached hydrogen (secondary N) is 2. The van der Waals surface area contributed by atoms with E-state index < -0.39 is 0 Å². The van der Waals surface area contributed by atoms with Crippen LogP contribution in [-0.4, -0.2) is 22.2 Å². The van der Waals surface area contributed by atoms with Crippen LogP contribution in [0.3, 0.4) is 0 Å². The molecule has 0 saturated carbocycles. The first-order valence-electron chi connectivity index (χ1n) is 6.50. The summed E-state index contributed by atoms with van der Waals surface area (Å²) in [5.74, 6) is 0.0225. The number of carbonyl (C=O) groups is 1. The van der Waals surface area contributed by atoms with E-state index in [0.29, 0.717) is 0 Å². The molecule has 1 aromatic heterocycles. The van der Waals surface area contributed by atoms with Gasteiger partial charge in [0.1, 0.15) is 6.04 Å². The van der Waals surface area contributed by atoms with Crippen LogP contribution in [-0.2, 0) is 4.79 Å². The van der Waals surface area contributed by atoms with Crippen molar-refractivity contribution in [1.82, 2.24) is 9.99 Å². The van der Waals surface area contributed by atoms with E-state index in [2.05, 4.69) is 17.7 Å². The van der Waals surface area contributed by atoms with E-state index in [1.54, 1.807) is 0 Å². The summed E-state index contributed by atoms with van der Waals surface area (Å²) in [6.07, 6.45) is 0.910. The highest BCUT2D eigenvalue weighted by Gasteiger charge is 2.22. The number of rotatable bonds is 5. The van der Waals surface area contributed by atoms with Gasteiger partial charge in [-0.2, -0.15) is 0 Å². The maximum absolute atomic E-state index is 12.1. The Hall–Kier alpha value is -1.45. The lowest BCUT2D eigenvalue weighted by molar-refractivity contribution is -0.123. The fourth-order valence-corrected chi connectivity index (χ4v) is 1.65. The molecule has 1 unspecified atom stereocenters. The summed E-state index contributed by atoms with van der Waals surface area (Å²) in [6, 6.07) is 3.80. The topological polar surface area (TPSA) is 46.1 Å². The molecule has 2 N–H and O–H groups in total. The van der Waals surface area contributed by atoms with E-state index in [1.165, 1.54) is 0 Å². The third kappa shape index (κ3) is 3.52. The van der Waals surface area contributed by atoms with Crippen LogP contribution in [0, 0.1) is 13.8 Å². The van der Waals surface area contributed by atoms with Crippen molar-refractivity contribution in [2.45, 2.75) is 59.5 Å². The van der Waals surface area contributed by atoms with E-state index >= 15 is 0 Å². The summed E-state index contributed by atoms with van der Waals surface area (Å²) >= 11 is 0. The molecule has 4 heteroatoms. The van der Waals surface area contributed by atoms with E-state index in [0.717, 1.165) is 17.8 Å². The average Bonchev–Trinajstić information content (AvgIpc) is 2.60. The number of amides is 1. The number of hydrogen-bond donors (Lipinski definition) is 2. The van der Waals surface area contributed by atoms with Crippen LogP contribution in [0.5, 0.6) is 0 Å². The van der Waals surface area contributed by atoms with Gasteiger partial charge in [-0.25, -0.2) is 0 Å². The first-order valence-corrected chi connectivity index (χ1v) is 6.50. The zero-order chi connectivity index (χ0) is 13.9. The highest BCUT2D eigenvalue weighted by molar-refractivity contribution is 5.83. The van der Waals surface area contributed by atoms with Gasteiger partial charge in [-0.1, -0.05) is 6.92 Å². The lowest BCUT2D eigenvalue weighted by Crippen LogP contribution is -2.50. The molecule has 4 nitrogen and oxygen atoms in total. The van der Waals surface area contributed by atoms with Gasteiger partial charge in [-0.05, 0) is 53.2 Å². The van der Waals surface area contributed by atoms with E-state index in [9.17, 15) is 4.79 Å². The zero-order valence-corrected chi connectivity index (χ0v) is 12.3. The van der Waals surface area contributed by atoms with Crippen molar-refractivity contribution in [1.29, 1.82) is 0 Å². The van der Waals surface area contributed by atoms with Crippen LogP contribution < -0.4 is 10.7 Å². The molecule has 18 heavy (non-hydrogen) atoms. The van der Waals surface area contributed by atoms with Crippen molar-refractivity contribution in [3.05, 3.63) is 23.5 Å². The number of aromatic nitrogens is 1. The highest BCUT2D eigenvalue weighted by Crippen LogP contribution is 2.08. The lowest BCUT2D eigenvalue weighted by Gasteiger charge is -2.27. The summed E-state index contributed by atoms with van der Waals surface area (Å²) in [7, 11) is 0. The van der Waals surface area contributed by atoms with Crippen molar-refractivity contribution in [2.75, 3.05) is 5.43 Å². The van der Waals surface area contributed by atoms with E-state index in [-0.39, 0.29) is 17.5 Å². The summed E-state index contributed by atoms with van der Waals surface area (Å²) in [6.45, 7) is 12.0. The molecule has 1 heterocycles. The molecule has 0 spiro atoms. The van der Waals surface area contributed by atoms with Crippen LogP contribution in [0.4, 0.5) is 0 Å². The van der Waals surface area contributed by atoms with Crippen molar-refractivity contribution >= 4 is 5.91 Å². The van der Waals surface area contributed by atoms with Crippen LogP contribution >= 0.6 is 0 Å². The Kier molecular flexibility index (Phi) is 4.43. The smallest absolute Gasteiger partial charge is 0.244 e. The molecular weight excluding hydrogens is 226 g/mol. The van der Waals surface area contributed by atoms with Crippen LogP contribution in [0.25, 0.3) is 0 Å². The van der Waals surface area contributed by atoms with Crippen LogP contribution in [0.2, 0.25) is 0 Å². The summed E-state index contributed by atoms with van der Waals surface area (Å²) in [5.41, 5.74) is 5.25. The standard InChI is InChI=1S/C14H25N3O/c1-7-14(5,6)15-13(18)12(4)16-17-10(2)8-9-11(17)3/h8-9,12,16H,7H2,1-6H3,(H,15,18). The lowest BCUT2D eigenvalue weighted by atomic mass is 10.0. The second kappa shape index (κ2) is 5.46.